The van der Waals surface area contributed by atoms with E-state index in [1.807, 2.05) is 61.5 Å². The fourth-order valence-corrected chi connectivity index (χ4v) is 3.15. The third-order valence-electron chi connectivity index (χ3n) is 4.81. The summed E-state index contributed by atoms with van der Waals surface area (Å²) in [6, 6.07) is 19.9. The SMILES string of the molecule is COc1cc(C(=O)NC(C)c2ccc(-c3ccccc3)cc2)c([N+](=O)[O-])cc1OC. The maximum atomic E-state index is 12.8. The van der Waals surface area contributed by atoms with Gasteiger partial charge in [0.2, 0.25) is 0 Å². The smallest absolute Gasteiger partial charge is 0.286 e. The van der Waals surface area contributed by atoms with Gasteiger partial charge in [0.25, 0.3) is 11.6 Å². The lowest BCUT2D eigenvalue weighted by Gasteiger charge is -2.16. The molecular formula is C23H22N2O5. The number of nitro groups is 1. The first-order chi connectivity index (χ1) is 14.4. The number of nitrogens with zero attached hydrogens (tertiary/aromatic N) is 1. The molecule has 0 saturated heterocycles. The minimum absolute atomic E-state index is 0.0922. The van der Waals surface area contributed by atoms with Gasteiger partial charge in [-0.15, -0.1) is 0 Å². The number of nitrogens with one attached hydrogen (secondary N) is 1. The van der Waals surface area contributed by atoms with E-state index in [4.69, 9.17) is 9.47 Å². The van der Waals surface area contributed by atoms with Gasteiger partial charge in [0, 0.05) is 6.07 Å². The van der Waals surface area contributed by atoms with Gasteiger partial charge in [-0.1, -0.05) is 54.6 Å². The second-order valence-corrected chi connectivity index (χ2v) is 6.66. The molecule has 1 amide bonds. The molecule has 0 spiro atoms. The molecule has 30 heavy (non-hydrogen) atoms. The second kappa shape index (κ2) is 9.09. The Kier molecular flexibility index (Phi) is 6.32. The van der Waals surface area contributed by atoms with Crippen LogP contribution in [0.2, 0.25) is 0 Å². The Morgan fingerprint density at radius 3 is 2.07 bits per heavy atom. The maximum absolute atomic E-state index is 12.8. The molecule has 154 valence electrons. The fraction of sp³-hybridized carbons (Fsp3) is 0.174. The molecule has 7 heteroatoms. The summed E-state index contributed by atoms with van der Waals surface area (Å²) in [5.74, 6) is -0.138. The number of hydrogen-bond donors (Lipinski definition) is 1. The quantitative estimate of drug-likeness (QED) is 0.451. The number of ether oxygens (including phenoxy) is 2. The van der Waals surface area contributed by atoms with Gasteiger partial charge >= 0.3 is 0 Å². The lowest BCUT2D eigenvalue weighted by atomic mass is 10.0. The molecule has 0 radical (unpaired) electrons. The van der Waals surface area contributed by atoms with Crippen LogP contribution in [0.15, 0.2) is 66.7 Å². The molecule has 0 aromatic heterocycles. The highest BCUT2D eigenvalue weighted by molar-refractivity contribution is 5.99. The normalized spacial score (nSPS) is 11.4. The molecule has 1 unspecified atom stereocenters. The number of rotatable bonds is 7. The van der Waals surface area contributed by atoms with Crippen LogP contribution in [0.5, 0.6) is 11.5 Å². The molecule has 7 nitrogen and oxygen atoms in total. The van der Waals surface area contributed by atoms with E-state index in [2.05, 4.69) is 5.32 Å². The highest BCUT2D eigenvalue weighted by atomic mass is 16.6. The fourth-order valence-electron chi connectivity index (χ4n) is 3.15. The number of hydrogen-bond acceptors (Lipinski definition) is 5. The molecule has 0 fully saturated rings. The standard InChI is InChI=1S/C23H22N2O5/c1-15(16-9-11-18(12-10-16)17-7-5-4-6-8-17)24-23(26)19-13-21(29-2)22(30-3)14-20(19)25(27)28/h4-15H,1-3H3,(H,24,26). The van der Waals surface area contributed by atoms with Crippen LogP contribution in [0.4, 0.5) is 5.69 Å². The van der Waals surface area contributed by atoms with Crippen LogP contribution in [-0.4, -0.2) is 25.1 Å². The molecule has 0 saturated carbocycles. The molecule has 0 aliphatic carbocycles. The molecule has 3 aromatic carbocycles. The van der Waals surface area contributed by atoms with Crippen molar-refractivity contribution in [3.63, 3.8) is 0 Å². The molecule has 1 atom stereocenters. The van der Waals surface area contributed by atoms with Crippen molar-refractivity contribution >= 4 is 11.6 Å². The number of methoxy groups -OCH3 is 2. The van der Waals surface area contributed by atoms with Gasteiger partial charge in [0.1, 0.15) is 5.56 Å². The van der Waals surface area contributed by atoms with Gasteiger partial charge in [-0.2, -0.15) is 0 Å². The third kappa shape index (κ3) is 4.41. The Morgan fingerprint density at radius 1 is 0.933 bits per heavy atom. The van der Waals surface area contributed by atoms with E-state index < -0.39 is 10.8 Å². The van der Waals surface area contributed by atoms with Crippen molar-refractivity contribution in [2.24, 2.45) is 0 Å². The van der Waals surface area contributed by atoms with Gasteiger partial charge in [0.15, 0.2) is 11.5 Å². The molecule has 3 aromatic rings. The largest absolute Gasteiger partial charge is 0.493 e. The monoisotopic (exact) mass is 406 g/mol. The zero-order valence-electron chi connectivity index (χ0n) is 16.9. The maximum Gasteiger partial charge on any atom is 0.286 e. The summed E-state index contributed by atoms with van der Waals surface area (Å²) in [5.41, 5.74) is 2.60. The van der Waals surface area contributed by atoms with Gasteiger partial charge in [-0.25, -0.2) is 0 Å². The van der Waals surface area contributed by atoms with Crippen molar-refractivity contribution in [3.8, 4) is 22.6 Å². The van der Waals surface area contributed by atoms with E-state index in [1.54, 1.807) is 0 Å². The van der Waals surface area contributed by atoms with Crippen LogP contribution < -0.4 is 14.8 Å². The Bertz CT molecular complexity index is 1050. The summed E-state index contributed by atoms with van der Waals surface area (Å²) < 4.78 is 10.3. The Morgan fingerprint density at radius 2 is 1.50 bits per heavy atom. The summed E-state index contributed by atoms with van der Waals surface area (Å²) >= 11 is 0. The first kappa shape index (κ1) is 20.9. The van der Waals surface area contributed by atoms with Gasteiger partial charge in [0.05, 0.1) is 31.3 Å². The van der Waals surface area contributed by atoms with Crippen LogP contribution >= 0.6 is 0 Å². The van der Waals surface area contributed by atoms with E-state index in [1.165, 1.54) is 26.4 Å². The minimum atomic E-state index is -0.615. The van der Waals surface area contributed by atoms with Gasteiger partial charge in [-0.05, 0) is 23.6 Å². The summed E-state index contributed by atoms with van der Waals surface area (Å²) in [5, 5.41) is 14.3. The number of carbonyl (C=O) groups is 1. The van der Waals surface area contributed by atoms with Crippen molar-refractivity contribution in [2.75, 3.05) is 14.2 Å². The Balaban J connectivity index is 1.82. The Labute approximate surface area is 174 Å². The summed E-state index contributed by atoms with van der Waals surface area (Å²) in [6.07, 6.45) is 0. The molecule has 0 aliphatic heterocycles. The number of nitro benzene ring substituents is 1. The highest BCUT2D eigenvalue weighted by Gasteiger charge is 2.25. The summed E-state index contributed by atoms with van der Waals surface area (Å²) in [4.78, 5) is 23.6. The van der Waals surface area contributed by atoms with E-state index >= 15 is 0 Å². The van der Waals surface area contributed by atoms with Crippen LogP contribution in [-0.2, 0) is 0 Å². The molecule has 3 rings (SSSR count). The molecule has 0 heterocycles. The third-order valence-corrected chi connectivity index (χ3v) is 4.81. The zero-order valence-corrected chi connectivity index (χ0v) is 16.9. The summed E-state index contributed by atoms with van der Waals surface area (Å²) in [7, 11) is 2.78. The topological polar surface area (TPSA) is 90.7 Å². The van der Waals surface area contributed by atoms with Gasteiger partial charge in [-0.3, -0.25) is 14.9 Å². The van der Waals surface area contributed by atoms with Crippen LogP contribution in [0, 0.1) is 10.1 Å². The first-order valence-corrected chi connectivity index (χ1v) is 9.31. The van der Waals surface area contributed by atoms with E-state index in [-0.39, 0.29) is 28.8 Å². The van der Waals surface area contributed by atoms with Crippen molar-refractivity contribution in [1.29, 1.82) is 0 Å². The van der Waals surface area contributed by atoms with Crippen molar-refractivity contribution in [1.82, 2.24) is 5.32 Å². The van der Waals surface area contributed by atoms with Crippen molar-refractivity contribution < 1.29 is 19.2 Å². The number of benzene rings is 3. The molecule has 1 N–H and O–H groups in total. The molecule has 0 aliphatic rings. The van der Waals surface area contributed by atoms with Crippen molar-refractivity contribution in [3.05, 3.63) is 88.0 Å². The second-order valence-electron chi connectivity index (χ2n) is 6.66. The number of carbonyl (C=O) groups excluding carboxylic acids is 1. The predicted octanol–water partition coefficient (Wildman–Crippen LogP) is 4.77. The Hall–Kier alpha value is -3.87. The lowest BCUT2D eigenvalue weighted by Crippen LogP contribution is -2.27. The molecule has 0 bridgehead atoms. The van der Waals surface area contributed by atoms with E-state index in [9.17, 15) is 14.9 Å². The molecular weight excluding hydrogens is 384 g/mol. The zero-order chi connectivity index (χ0) is 21.7. The van der Waals surface area contributed by atoms with Crippen LogP contribution in [0.3, 0.4) is 0 Å². The summed E-state index contributed by atoms with van der Waals surface area (Å²) in [6.45, 7) is 1.82. The van der Waals surface area contributed by atoms with E-state index in [0.717, 1.165) is 16.7 Å². The van der Waals surface area contributed by atoms with Gasteiger partial charge < -0.3 is 14.8 Å². The average molecular weight is 406 g/mol. The number of amides is 1. The first-order valence-electron chi connectivity index (χ1n) is 9.31. The minimum Gasteiger partial charge on any atom is -0.493 e. The van der Waals surface area contributed by atoms with Crippen LogP contribution in [0.1, 0.15) is 28.9 Å². The highest BCUT2D eigenvalue weighted by Crippen LogP contribution is 2.34. The average Bonchev–Trinajstić information content (AvgIpc) is 2.78. The van der Waals surface area contributed by atoms with E-state index in [0.29, 0.717) is 0 Å². The lowest BCUT2D eigenvalue weighted by molar-refractivity contribution is -0.385. The van der Waals surface area contributed by atoms with Crippen molar-refractivity contribution in [2.45, 2.75) is 13.0 Å². The van der Waals surface area contributed by atoms with Crippen LogP contribution in [0.25, 0.3) is 11.1 Å². The predicted molar refractivity (Wildman–Crippen MR) is 114 cm³/mol.